The molecule has 0 saturated carbocycles. The molecule has 0 spiro atoms. The van der Waals surface area contributed by atoms with Crippen LogP contribution in [-0.4, -0.2) is 50.3 Å². The van der Waals surface area contributed by atoms with Gasteiger partial charge in [-0.2, -0.15) is 5.10 Å². The van der Waals surface area contributed by atoms with Crippen molar-refractivity contribution in [1.29, 1.82) is 0 Å². The third-order valence-electron chi connectivity index (χ3n) is 3.03. The maximum Gasteiger partial charge on any atom is 0.312 e. The Labute approximate surface area is 117 Å². The molecular weight excluding hydrogens is 264 g/mol. The second-order valence-corrected chi connectivity index (χ2v) is 4.54. The van der Waals surface area contributed by atoms with Gasteiger partial charge in [0, 0.05) is 13.1 Å². The van der Waals surface area contributed by atoms with Gasteiger partial charge in [0.25, 0.3) is 0 Å². The van der Waals surface area contributed by atoms with Crippen molar-refractivity contribution in [3.8, 4) is 0 Å². The van der Waals surface area contributed by atoms with Crippen molar-refractivity contribution in [2.45, 2.75) is 33.7 Å². The number of carbonyl (C=O) groups excluding carboxylic acids is 1. The summed E-state index contributed by atoms with van der Waals surface area (Å²) < 4.78 is 1.34. The lowest BCUT2D eigenvalue weighted by Gasteiger charge is -2.21. The van der Waals surface area contributed by atoms with Crippen LogP contribution in [0.4, 0.5) is 5.69 Å². The van der Waals surface area contributed by atoms with Gasteiger partial charge in [-0.05, 0) is 20.3 Å². The number of nitro groups is 1. The van der Waals surface area contributed by atoms with Crippen LogP contribution in [0.1, 0.15) is 24.7 Å². The van der Waals surface area contributed by atoms with Crippen LogP contribution in [0, 0.1) is 24.0 Å². The number of hydrogen-bond donors (Lipinski definition) is 1. The minimum Gasteiger partial charge on any atom is -0.395 e. The summed E-state index contributed by atoms with van der Waals surface area (Å²) in [5.74, 6) is -0.207. The van der Waals surface area contributed by atoms with Gasteiger partial charge in [0.15, 0.2) is 0 Å². The first-order valence-corrected chi connectivity index (χ1v) is 6.49. The van der Waals surface area contributed by atoms with E-state index in [1.807, 2.05) is 6.92 Å². The molecule has 0 fully saturated rings. The number of aryl methyl sites for hydroxylation is 1. The Bertz CT molecular complexity index is 492. The summed E-state index contributed by atoms with van der Waals surface area (Å²) in [6.07, 6.45) is 0.781. The van der Waals surface area contributed by atoms with E-state index in [0.717, 1.165) is 6.42 Å². The molecule has 8 heteroatoms. The molecule has 1 aromatic rings. The van der Waals surface area contributed by atoms with E-state index in [1.165, 1.54) is 9.58 Å². The first-order chi connectivity index (χ1) is 9.42. The van der Waals surface area contributed by atoms with E-state index in [0.29, 0.717) is 17.9 Å². The topological polar surface area (TPSA) is 102 Å². The van der Waals surface area contributed by atoms with Crippen LogP contribution >= 0.6 is 0 Å². The predicted octanol–water partition coefficient (Wildman–Crippen LogP) is 0.639. The van der Waals surface area contributed by atoms with Crippen LogP contribution in [-0.2, 0) is 11.3 Å². The van der Waals surface area contributed by atoms with Gasteiger partial charge in [-0.3, -0.25) is 19.6 Å². The largest absolute Gasteiger partial charge is 0.395 e. The van der Waals surface area contributed by atoms with Gasteiger partial charge in [0.2, 0.25) is 5.91 Å². The molecule has 112 valence electrons. The van der Waals surface area contributed by atoms with Crippen molar-refractivity contribution in [3.63, 3.8) is 0 Å². The van der Waals surface area contributed by atoms with Gasteiger partial charge < -0.3 is 10.0 Å². The first-order valence-electron chi connectivity index (χ1n) is 6.49. The maximum atomic E-state index is 12.1. The van der Waals surface area contributed by atoms with Gasteiger partial charge in [0.05, 0.1) is 11.5 Å². The van der Waals surface area contributed by atoms with Crippen molar-refractivity contribution < 1.29 is 14.8 Å². The van der Waals surface area contributed by atoms with E-state index in [1.54, 1.807) is 13.8 Å². The summed E-state index contributed by atoms with van der Waals surface area (Å²) >= 11 is 0. The normalized spacial score (nSPS) is 10.6. The van der Waals surface area contributed by atoms with Gasteiger partial charge in [-0.1, -0.05) is 6.92 Å². The standard InChI is InChI=1S/C12H20N4O4/c1-4-5-14(6-7-17)11(18)8-15-10(3)12(16(19)20)9(2)13-15/h17H,4-8H2,1-3H3. The summed E-state index contributed by atoms with van der Waals surface area (Å²) in [7, 11) is 0. The fourth-order valence-corrected chi connectivity index (χ4v) is 2.09. The molecule has 0 unspecified atom stereocenters. The third kappa shape index (κ3) is 3.53. The lowest BCUT2D eigenvalue weighted by Crippen LogP contribution is -2.37. The minimum absolute atomic E-state index is 0.0537. The molecule has 1 amide bonds. The number of aliphatic hydroxyl groups is 1. The number of aliphatic hydroxyl groups excluding tert-OH is 1. The average Bonchev–Trinajstić information content (AvgIpc) is 2.64. The molecule has 0 saturated heterocycles. The first kappa shape index (κ1) is 16.1. The Morgan fingerprint density at radius 1 is 1.45 bits per heavy atom. The Morgan fingerprint density at radius 2 is 2.10 bits per heavy atom. The second-order valence-electron chi connectivity index (χ2n) is 4.54. The zero-order valence-corrected chi connectivity index (χ0v) is 12.0. The number of hydrogen-bond acceptors (Lipinski definition) is 5. The maximum absolute atomic E-state index is 12.1. The summed E-state index contributed by atoms with van der Waals surface area (Å²) in [6, 6.07) is 0. The molecule has 0 aromatic carbocycles. The summed E-state index contributed by atoms with van der Waals surface area (Å²) in [6.45, 7) is 5.69. The van der Waals surface area contributed by atoms with Crippen molar-refractivity contribution in [2.24, 2.45) is 0 Å². The number of nitrogens with zero attached hydrogens (tertiary/aromatic N) is 4. The van der Waals surface area contributed by atoms with Crippen LogP contribution in [0.3, 0.4) is 0 Å². The minimum atomic E-state index is -0.490. The predicted molar refractivity (Wildman–Crippen MR) is 72.3 cm³/mol. The summed E-state index contributed by atoms with van der Waals surface area (Å²) in [5.41, 5.74) is 0.604. The lowest BCUT2D eigenvalue weighted by molar-refractivity contribution is -0.386. The van der Waals surface area contributed by atoms with Gasteiger partial charge in [-0.15, -0.1) is 0 Å². The highest BCUT2D eigenvalue weighted by molar-refractivity contribution is 5.76. The Balaban J connectivity index is 2.90. The monoisotopic (exact) mass is 284 g/mol. The number of rotatable bonds is 7. The highest BCUT2D eigenvalue weighted by Gasteiger charge is 2.23. The smallest absolute Gasteiger partial charge is 0.312 e. The average molecular weight is 284 g/mol. The SMILES string of the molecule is CCCN(CCO)C(=O)Cn1nc(C)c([N+](=O)[O-])c1C. The fraction of sp³-hybridized carbons (Fsp3) is 0.667. The van der Waals surface area contributed by atoms with Crippen LogP contribution in [0.5, 0.6) is 0 Å². The number of aromatic nitrogens is 2. The van der Waals surface area contributed by atoms with Crippen molar-refractivity contribution in [1.82, 2.24) is 14.7 Å². The zero-order valence-electron chi connectivity index (χ0n) is 12.0. The molecule has 1 aromatic heterocycles. The van der Waals surface area contributed by atoms with E-state index in [2.05, 4.69) is 5.10 Å². The van der Waals surface area contributed by atoms with Crippen molar-refractivity contribution in [2.75, 3.05) is 19.7 Å². The highest BCUT2D eigenvalue weighted by Crippen LogP contribution is 2.21. The Kier molecular flexibility index (Phi) is 5.63. The molecule has 0 aliphatic rings. The van der Waals surface area contributed by atoms with Crippen LogP contribution in [0.2, 0.25) is 0 Å². The van der Waals surface area contributed by atoms with Crippen LogP contribution in [0.15, 0.2) is 0 Å². The zero-order chi connectivity index (χ0) is 15.3. The van der Waals surface area contributed by atoms with E-state index in [4.69, 9.17) is 5.11 Å². The second kappa shape index (κ2) is 6.99. The molecule has 1 N–H and O–H groups in total. The van der Waals surface area contributed by atoms with E-state index in [9.17, 15) is 14.9 Å². The van der Waals surface area contributed by atoms with Crippen LogP contribution in [0.25, 0.3) is 0 Å². The summed E-state index contributed by atoms with van der Waals surface area (Å²) in [4.78, 5) is 24.1. The lowest BCUT2D eigenvalue weighted by atomic mass is 10.3. The van der Waals surface area contributed by atoms with E-state index < -0.39 is 4.92 Å². The summed E-state index contributed by atoms with van der Waals surface area (Å²) in [5, 5.41) is 23.9. The third-order valence-corrected chi connectivity index (χ3v) is 3.03. The van der Waals surface area contributed by atoms with E-state index >= 15 is 0 Å². The molecule has 8 nitrogen and oxygen atoms in total. The number of amides is 1. The molecule has 0 atom stereocenters. The molecule has 0 aliphatic heterocycles. The number of carbonyl (C=O) groups is 1. The van der Waals surface area contributed by atoms with Gasteiger partial charge >= 0.3 is 5.69 Å². The molecule has 1 heterocycles. The molecule has 1 rings (SSSR count). The quantitative estimate of drug-likeness (QED) is 0.584. The molecule has 0 radical (unpaired) electrons. The van der Waals surface area contributed by atoms with Crippen molar-refractivity contribution >= 4 is 11.6 Å². The van der Waals surface area contributed by atoms with E-state index in [-0.39, 0.29) is 31.3 Å². The highest BCUT2D eigenvalue weighted by atomic mass is 16.6. The molecular formula is C12H20N4O4. The fourth-order valence-electron chi connectivity index (χ4n) is 2.09. The Hall–Kier alpha value is -1.96. The van der Waals surface area contributed by atoms with Gasteiger partial charge in [-0.25, -0.2) is 0 Å². The molecule has 20 heavy (non-hydrogen) atoms. The molecule has 0 aliphatic carbocycles. The Morgan fingerprint density at radius 3 is 2.55 bits per heavy atom. The molecule has 0 bridgehead atoms. The van der Waals surface area contributed by atoms with Crippen molar-refractivity contribution in [3.05, 3.63) is 21.5 Å². The van der Waals surface area contributed by atoms with Gasteiger partial charge in [0.1, 0.15) is 17.9 Å². The van der Waals surface area contributed by atoms with Crippen LogP contribution < -0.4 is 0 Å².